The third-order valence-corrected chi connectivity index (χ3v) is 14.4. The van der Waals surface area contributed by atoms with E-state index in [1.165, 1.54) is 121 Å². The number of benzene rings is 11. The molecule has 0 fully saturated rings. The number of fused-ring (bicyclic) bond motifs is 12. The first kappa shape index (κ1) is 36.1. The molecule has 0 atom stereocenters. The fraction of sp³-hybridized carbons (Fsp3) is 0.0159. The van der Waals surface area contributed by atoms with Crippen molar-refractivity contribution in [1.82, 2.24) is 9.13 Å². The standard InChI is InChI=1S/C63H40N2/c1-3-20-46(21-4-1)63(47-22-5-2-6-23-47)55-27-13-11-26-52(55)61-56(63)35-34-51-54-40-45(32-37-60(54)65(62(51)61)57-29-15-19-42-17-9-10-24-49(42)57)44-31-36-59-53(39-44)50-25-12-14-28-58(50)64(59)48-33-30-41-16-7-8-18-43(41)38-48/h1-40H. The lowest BCUT2D eigenvalue weighted by atomic mass is 9.67. The Labute approximate surface area is 376 Å². The zero-order valence-electron chi connectivity index (χ0n) is 35.5. The Balaban J connectivity index is 1.05. The first-order valence-corrected chi connectivity index (χ1v) is 22.6. The molecular formula is C63H40N2. The summed E-state index contributed by atoms with van der Waals surface area (Å²) in [6.07, 6.45) is 0. The molecular weight excluding hydrogens is 785 g/mol. The Bertz CT molecular complexity index is 4010. The van der Waals surface area contributed by atoms with Crippen LogP contribution in [0, 0.1) is 0 Å². The van der Waals surface area contributed by atoms with Gasteiger partial charge in [0.05, 0.1) is 33.2 Å². The molecule has 302 valence electrons. The average molecular weight is 825 g/mol. The molecule has 0 aliphatic heterocycles. The van der Waals surface area contributed by atoms with E-state index in [1.54, 1.807) is 0 Å². The molecule has 0 bridgehead atoms. The van der Waals surface area contributed by atoms with Crippen molar-refractivity contribution in [3.63, 3.8) is 0 Å². The monoisotopic (exact) mass is 824 g/mol. The molecule has 1 aliphatic rings. The van der Waals surface area contributed by atoms with Gasteiger partial charge in [0.1, 0.15) is 0 Å². The summed E-state index contributed by atoms with van der Waals surface area (Å²) >= 11 is 0. The number of aromatic nitrogens is 2. The van der Waals surface area contributed by atoms with E-state index < -0.39 is 5.41 Å². The molecule has 0 saturated carbocycles. The zero-order chi connectivity index (χ0) is 42.6. The lowest BCUT2D eigenvalue weighted by Crippen LogP contribution is -2.28. The molecule has 14 rings (SSSR count). The van der Waals surface area contributed by atoms with Crippen LogP contribution in [0.4, 0.5) is 0 Å². The molecule has 0 unspecified atom stereocenters. The Hall–Kier alpha value is -8.46. The number of rotatable bonds is 5. The van der Waals surface area contributed by atoms with Crippen LogP contribution in [0.1, 0.15) is 22.3 Å². The van der Waals surface area contributed by atoms with Crippen LogP contribution in [0.15, 0.2) is 243 Å². The normalized spacial score (nSPS) is 13.0. The highest BCUT2D eigenvalue weighted by Crippen LogP contribution is 2.59. The molecule has 0 N–H and O–H groups in total. The molecule has 2 heteroatoms. The van der Waals surface area contributed by atoms with Crippen LogP contribution < -0.4 is 0 Å². The van der Waals surface area contributed by atoms with Crippen molar-refractivity contribution in [1.29, 1.82) is 0 Å². The van der Waals surface area contributed by atoms with Gasteiger partial charge in [0.2, 0.25) is 0 Å². The number of para-hydroxylation sites is 1. The molecule has 65 heavy (non-hydrogen) atoms. The number of nitrogens with zero attached hydrogens (tertiary/aromatic N) is 2. The molecule has 0 radical (unpaired) electrons. The van der Waals surface area contributed by atoms with Crippen molar-refractivity contribution in [3.8, 4) is 33.6 Å². The predicted molar refractivity (Wildman–Crippen MR) is 273 cm³/mol. The minimum absolute atomic E-state index is 0.505. The van der Waals surface area contributed by atoms with E-state index in [0.29, 0.717) is 0 Å². The predicted octanol–water partition coefficient (Wildman–Crippen LogP) is 16.2. The van der Waals surface area contributed by atoms with Crippen molar-refractivity contribution < 1.29 is 0 Å². The summed E-state index contributed by atoms with van der Waals surface area (Å²) in [7, 11) is 0. The Morgan fingerprint density at radius 1 is 0.308 bits per heavy atom. The third kappa shape index (κ3) is 5.05. The molecule has 0 saturated heterocycles. The van der Waals surface area contributed by atoms with Crippen molar-refractivity contribution in [2.24, 2.45) is 0 Å². The van der Waals surface area contributed by atoms with Gasteiger partial charge in [0.15, 0.2) is 0 Å². The van der Waals surface area contributed by atoms with E-state index in [0.717, 1.165) is 0 Å². The summed E-state index contributed by atoms with van der Waals surface area (Å²) in [5.74, 6) is 0. The molecule has 11 aromatic carbocycles. The fourth-order valence-corrected chi connectivity index (χ4v) is 11.6. The first-order chi connectivity index (χ1) is 32.3. The molecule has 2 nitrogen and oxygen atoms in total. The van der Waals surface area contributed by atoms with Crippen LogP contribution >= 0.6 is 0 Å². The minimum Gasteiger partial charge on any atom is -0.309 e. The maximum absolute atomic E-state index is 2.57. The third-order valence-electron chi connectivity index (χ3n) is 14.4. The van der Waals surface area contributed by atoms with Gasteiger partial charge in [-0.1, -0.05) is 194 Å². The Morgan fingerprint density at radius 2 is 0.892 bits per heavy atom. The number of hydrogen-bond donors (Lipinski definition) is 0. The second-order valence-corrected chi connectivity index (χ2v) is 17.6. The maximum atomic E-state index is 2.57. The van der Waals surface area contributed by atoms with Gasteiger partial charge < -0.3 is 9.13 Å². The summed E-state index contributed by atoms with van der Waals surface area (Å²) < 4.78 is 4.99. The molecule has 0 amide bonds. The first-order valence-electron chi connectivity index (χ1n) is 22.6. The maximum Gasteiger partial charge on any atom is 0.0714 e. The van der Waals surface area contributed by atoms with Crippen LogP contribution in [0.25, 0.3) is 98.8 Å². The molecule has 2 heterocycles. The highest BCUT2D eigenvalue weighted by atomic mass is 15.0. The summed E-state index contributed by atoms with van der Waals surface area (Å²) in [5.41, 5.74) is 16.8. The van der Waals surface area contributed by atoms with E-state index in [4.69, 9.17) is 0 Å². The Kier molecular flexibility index (Phi) is 7.64. The molecule has 2 aromatic heterocycles. The summed E-state index contributed by atoms with van der Waals surface area (Å²) in [6.45, 7) is 0. The van der Waals surface area contributed by atoms with Crippen LogP contribution in [-0.2, 0) is 5.41 Å². The SMILES string of the molecule is c1ccc(C2(c3ccccc3)c3ccccc3-c3c2ccc2c4cc(-c5ccc6c(c5)c5ccccc5n6-c5ccc6ccccc6c5)ccc4n(-c4cccc5ccccc45)c32)cc1. The van der Waals surface area contributed by atoms with Gasteiger partial charge in [-0.2, -0.15) is 0 Å². The van der Waals surface area contributed by atoms with Gasteiger partial charge in [0, 0.05) is 38.2 Å². The number of hydrogen-bond acceptors (Lipinski definition) is 0. The van der Waals surface area contributed by atoms with E-state index in [1.807, 2.05) is 0 Å². The lowest BCUT2D eigenvalue weighted by molar-refractivity contribution is 0.769. The highest BCUT2D eigenvalue weighted by Gasteiger charge is 2.47. The second kappa shape index (κ2) is 13.8. The van der Waals surface area contributed by atoms with Crippen molar-refractivity contribution in [3.05, 3.63) is 265 Å². The zero-order valence-corrected chi connectivity index (χ0v) is 35.5. The van der Waals surface area contributed by atoms with Crippen LogP contribution in [0.2, 0.25) is 0 Å². The fourth-order valence-electron chi connectivity index (χ4n) is 11.6. The Morgan fingerprint density at radius 3 is 1.66 bits per heavy atom. The van der Waals surface area contributed by atoms with Gasteiger partial charge >= 0.3 is 0 Å². The van der Waals surface area contributed by atoms with Crippen molar-refractivity contribution in [2.75, 3.05) is 0 Å². The van der Waals surface area contributed by atoms with Crippen LogP contribution in [-0.4, -0.2) is 9.13 Å². The van der Waals surface area contributed by atoms with Crippen LogP contribution in [0.3, 0.4) is 0 Å². The molecule has 0 spiro atoms. The van der Waals surface area contributed by atoms with Gasteiger partial charge in [-0.05, 0) is 104 Å². The highest BCUT2D eigenvalue weighted by molar-refractivity contribution is 6.18. The topological polar surface area (TPSA) is 9.86 Å². The van der Waals surface area contributed by atoms with E-state index in [-0.39, 0.29) is 0 Å². The minimum atomic E-state index is -0.505. The lowest BCUT2D eigenvalue weighted by Gasteiger charge is -2.33. The van der Waals surface area contributed by atoms with E-state index in [9.17, 15) is 0 Å². The van der Waals surface area contributed by atoms with Crippen molar-refractivity contribution in [2.45, 2.75) is 5.41 Å². The molecule has 1 aliphatic carbocycles. The largest absolute Gasteiger partial charge is 0.309 e. The van der Waals surface area contributed by atoms with E-state index in [2.05, 4.69) is 252 Å². The summed E-state index contributed by atoms with van der Waals surface area (Å²) in [6, 6.07) is 90.2. The van der Waals surface area contributed by atoms with Gasteiger partial charge in [-0.3, -0.25) is 0 Å². The van der Waals surface area contributed by atoms with Gasteiger partial charge in [-0.25, -0.2) is 0 Å². The van der Waals surface area contributed by atoms with Crippen molar-refractivity contribution >= 4 is 65.2 Å². The smallest absolute Gasteiger partial charge is 0.0714 e. The summed E-state index contributed by atoms with van der Waals surface area (Å²) in [4.78, 5) is 0. The second-order valence-electron chi connectivity index (χ2n) is 17.6. The van der Waals surface area contributed by atoms with Crippen LogP contribution in [0.5, 0.6) is 0 Å². The van der Waals surface area contributed by atoms with E-state index >= 15 is 0 Å². The van der Waals surface area contributed by atoms with Gasteiger partial charge in [0.25, 0.3) is 0 Å². The molecule has 13 aromatic rings. The average Bonchev–Trinajstić information content (AvgIpc) is 4.00. The quantitative estimate of drug-likeness (QED) is 0.164. The summed E-state index contributed by atoms with van der Waals surface area (Å²) in [5, 5.41) is 9.92. The van der Waals surface area contributed by atoms with Gasteiger partial charge in [-0.15, -0.1) is 0 Å².